The monoisotopic (exact) mass is 292 g/mol. The molecule has 0 radical (unpaired) electrons. The number of ketones is 1. The van der Waals surface area contributed by atoms with E-state index in [0.717, 1.165) is 5.57 Å². The first kappa shape index (κ1) is 13.6. The van der Waals surface area contributed by atoms with Crippen LogP contribution in [0.4, 0.5) is 0 Å². The predicted molar refractivity (Wildman–Crippen MR) is 73.4 cm³/mol. The van der Waals surface area contributed by atoms with Crippen LogP contribution in [0.5, 0.6) is 0 Å². The lowest BCUT2D eigenvalue weighted by molar-refractivity contribution is -0.159. The minimum absolute atomic E-state index is 0.0639. The van der Waals surface area contributed by atoms with Crippen molar-refractivity contribution in [2.75, 3.05) is 0 Å². The third-order valence-electron chi connectivity index (χ3n) is 4.91. The maximum atomic E-state index is 12.4. The molecule has 5 heteroatoms. The van der Waals surface area contributed by atoms with E-state index in [9.17, 15) is 9.90 Å². The maximum absolute atomic E-state index is 12.4. The highest BCUT2D eigenvalue weighted by Gasteiger charge is 2.77. The average molecular weight is 292 g/mol. The minimum Gasteiger partial charge on any atom is -0.390 e. The first-order valence-electron chi connectivity index (χ1n) is 7.36. The molecule has 3 fully saturated rings. The van der Waals surface area contributed by atoms with Gasteiger partial charge in [0.05, 0.1) is 11.7 Å². The molecule has 114 valence electrons. The van der Waals surface area contributed by atoms with Gasteiger partial charge < -0.3 is 19.3 Å². The molecule has 1 saturated carbocycles. The van der Waals surface area contributed by atoms with Crippen molar-refractivity contribution in [1.82, 2.24) is 0 Å². The third kappa shape index (κ3) is 1.63. The zero-order valence-electron chi connectivity index (χ0n) is 12.6. The van der Waals surface area contributed by atoms with Crippen LogP contribution in [0.2, 0.25) is 0 Å². The van der Waals surface area contributed by atoms with E-state index in [-0.39, 0.29) is 30.0 Å². The molecular weight excluding hydrogens is 272 g/mol. The first-order valence-corrected chi connectivity index (χ1v) is 7.36. The molecule has 0 aromatic heterocycles. The van der Waals surface area contributed by atoms with E-state index < -0.39 is 17.0 Å². The van der Waals surface area contributed by atoms with Gasteiger partial charge in [0.2, 0.25) is 0 Å². The van der Waals surface area contributed by atoms with Gasteiger partial charge in [0.15, 0.2) is 17.2 Å². The quantitative estimate of drug-likeness (QED) is 0.733. The lowest BCUT2D eigenvalue weighted by atomic mass is 9.66. The average Bonchev–Trinajstić information content (AvgIpc) is 2.95. The Morgan fingerprint density at radius 1 is 1.24 bits per heavy atom. The van der Waals surface area contributed by atoms with Crippen LogP contribution < -0.4 is 0 Å². The lowest BCUT2D eigenvalue weighted by Crippen LogP contribution is -2.56. The largest absolute Gasteiger partial charge is 0.390 e. The van der Waals surface area contributed by atoms with Crippen molar-refractivity contribution in [3.05, 3.63) is 23.8 Å². The summed E-state index contributed by atoms with van der Waals surface area (Å²) >= 11 is 0. The fourth-order valence-corrected chi connectivity index (χ4v) is 4.10. The fraction of sp³-hybridized carbons (Fsp3) is 0.688. The standard InChI is InChI=1S/C16H20O5/c1-14(2,18)10-12-11(19-15(3,4)20-12)8-6-5-7-9(17)16(8)13(10)21-16/h5-7,10-13,18H,1-4H3/t10-,11-,12+,13-,16-/m1/s1. The summed E-state index contributed by atoms with van der Waals surface area (Å²) in [5.41, 5.74) is -1.13. The zero-order chi connectivity index (χ0) is 15.2. The number of allylic oxidation sites excluding steroid dienone is 2. The molecule has 0 amide bonds. The Morgan fingerprint density at radius 3 is 2.62 bits per heavy atom. The molecule has 2 heterocycles. The van der Waals surface area contributed by atoms with E-state index in [0.29, 0.717) is 0 Å². The van der Waals surface area contributed by atoms with Crippen molar-refractivity contribution in [1.29, 1.82) is 0 Å². The van der Waals surface area contributed by atoms with Crippen LogP contribution in [-0.4, -0.2) is 46.2 Å². The molecule has 2 aliphatic heterocycles. The second-order valence-electron chi connectivity index (χ2n) is 7.32. The van der Waals surface area contributed by atoms with Crippen LogP contribution >= 0.6 is 0 Å². The van der Waals surface area contributed by atoms with Gasteiger partial charge in [-0.1, -0.05) is 12.2 Å². The molecule has 0 bridgehead atoms. The molecule has 0 unspecified atom stereocenters. The number of carbonyl (C=O) groups is 1. The number of epoxide rings is 1. The Hall–Kier alpha value is -1.01. The molecule has 2 aliphatic carbocycles. The molecule has 5 atom stereocenters. The summed E-state index contributed by atoms with van der Waals surface area (Å²) in [7, 11) is 0. The van der Waals surface area contributed by atoms with Crippen molar-refractivity contribution in [3.63, 3.8) is 0 Å². The van der Waals surface area contributed by atoms with Crippen molar-refractivity contribution in [3.8, 4) is 0 Å². The Balaban J connectivity index is 1.84. The summed E-state index contributed by atoms with van der Waals surface area (Å²) in [6.45, 7) is 7.17. The molecule has 5 nitrogen and oxygen atoms in total. The van der Waals surface area contributed by atoms with Crippen LogP contribution in [0.3, 0.4) is 0 Å². The Kier molecular flexibility index (Phi) is 2.38. The topological polar surface area (TPSA) is 68.3 Å². The highest BCUT2D eigenvalue weighted by atomic mass is 16.8. The van der Waals surface area contributed by atoms with Crippen LogP contribution in [0.15, 0.2) is 23.8 Å². The van der Waals surface area contributed by atoms with Crippen LogP contribution in [0, 0.1) is 5.92 Å². The van der Waals surface area contributed by atoms with Crippen LogP contribution in [0.25, 0.3) is 0 Å². The number of fused-ring (bicyclic) bond motifs is 2. The number of hydrogen-bond donors (Lipinski definition) is 1. The highest BCUT2D eigenvalue weighted by Crippen LogP contribution is 2.61. The zero-order valence-corrected chi connectivity index (χ0v) is 12.6. The highest BCUT2D eigenvalue weighted by molar-refractivity contribution is 6.04. The van der Waals surface area contributed by atoms with Gasteiger partial charge in [-0.3, -0.25) is 4.79 Å². The third-order valence-corrected chi connectivity index (χ3v) is 4.91. The molecule has 1 N–H and O–H groups in total. The number of ether oxygens (including phenoxy) is 3. The SMILES string of the molecule is CC1(C)O[C@H]2[C@@H](C(C)(C)O)[C@H]3O[C@]34C(=O)C=CC=C4[C@H]2O1. The molecule has 1 spiro atoms. The van der Waals surface area contributed by atoms with E-state index >= 15 is 0 Å². The molecule has 21 heavy (non-hydrogen) atoms. The number of aliphatic hydroxyl groups is 1. The van der Waals surface area contributed by atoms with Crippen molar-refractivity contribution in [2.45, 2.75) is 63.0 Å². The summed E-state index contributed by atoms with van der Waals surface area (Å²) in [6, 6.07) is 0. The summed E-state index contributed by atoms with van der Waals surface area (Å²) in [5, 5.41) is 10.6. The van der Waals surface area contributed by atoms with E-state index in [1.54, 1.807) is 19.9 Å². The van der Waals surface area contributed by atoms with E-state index in [4.69, 9.17) is 14.2 Å². The van der Waals surface area contributed by atoms with Gasteiger partial charge in [0, 0.05) is 11.5 Å². The summed E-state index contributed by atoms with van der Waals surface area (Å²) in [5.74, 6) is -1.11. The van der Waals surface area contributed by atoms with Gasteiger partial charge in [-0.2, -0.15) is 0 Å². The van der Waals surface area contributed by atoms with E-state index in [1.165, 1.54) is 6.08 Å². The van der Waals surface area contributed by atoms with E-state index in [2.05, 4.69) is 0 Å². The number of carbonyl (C=O) groups excluding carboxylic acids is 1. The smallest absolute Gasteiger partial charge is 0.194 e. The van der Waals surface area contributed by atoms with Gasteiger partial charge in [-0.05, 0) is 33.8 Å². The molecule has 0 aromatic carbocycles. The normalized spacial score (nSPS) is 46.5. The Morgan fingerprint density at radius 2 is 1.95 bits per heavy atom. The predicted octanol–water partition coefficient (Wildman–Crippen LogP) is 1.11. The van der Waals surface area contributed by atoms with Crippen LogP contribution in [0.1, 0.15) is 27.7 Å². The number of rotatable bonds is 1. The van der Waals surface area contributed by atoms with Gasteiger partial charge in [0.25, 0.3) is 0 Å². The Bertz CT molecular complexity index is 582. The maximum Gasteiger partial charge on any atom is 0.194 e. The minimum atomic E-state index is -1.02. The van der Waals surface area contributed by atoms with Crippen molar-refractivity contribution >= 4 is 5.78 Å². The van der Waals surface area contributed by atoms with Gasteiger partial charge in [-0.15, -0.1) is 0 Å². The second kappa shape index (κ2) is 3.66. The molecule has 0 aromatic rings. The molecule has 4 aliphatic rings. The number of hydrogen-bond acceptors (Lipinski definition) is 5. The Labute approximate surface area is 123 Å². The van der Waals surface area contributed by atoms with Gasteiger partial charge in [0.1, 0.15) is 12.2 Å². The second-order valence-corrected chi connectivity index (χ2v) is 7.32. The fourth-order valence-electron chi connectivity index (χ4n) is 4.10. The van der Waals surface area contributed by atoms with E-state index in [1.807, 2.05) is 19.9 Å². The lowest BCUT2D eigenvalue weighted by Gasteiger charge is -2.40. The summed E-state index contributed by atoms with van der Waals surface area (Å²) < 4.78 is 17.9. The van der Waals surface area contributed by atoms with Gasteiger partial charge in [-0.25, -0.2) is 0 Å². The molecular formula is C16H20O5. The summed E-state index contributed by atoms with van der Waals surface area (Å²) in [4.78, 5) is 12.4. The van der Waals surface area contributed by atoms with Crippen LogP contribution in [-0.2, 0) is 19.0 Å². The molecule has 4 rings (SSSR count). The van der Waals surface area contributed by atoms with Crippen molar-refractivity contribution < 1.29 is 24.1 Å². The van der Waals surface area contributed by atoms with Crippen molar-refractivity contribution in [2.24, 2.45) is 5.92 Å². The first-order chi connectivity index (χ1) is 9.67. The molecule has 2 saturated heterocycles. The summed E-state index contributed by atoms with van der Waals surface area (Å²) in [6.07, 6.45) is 4.14. The van der Waals surface area contributed by atoms with Gasteiger partial charge >= 0.3 is 0 Å².